The average Bonchev–Trinajstić information content (AvgIpc) is 2.90. The third kappa shape index (κ3) is 3.27. The fourth-order valence-electron chi connectivity index (χ4n) is 3.74. The number of halogens is 1. The highest BCUT2D eigenvalue weighted by Crippen LogP contribution is 2.37. The maximum absolute atomic E-state index is 15.0. The maximum atomic E-state index is 15.0. The molecule has 2 aromatic rings. The van der Waals surface area contributed by atoms with Crippen LogP contribution >= 0.6 is 0 Å². The van der Waals surface area contributed by atoms with Crippen molar-refractivity contribution in [3.63, 3.8) is 0 Å². The minimum atomic E-state index is -0.627. The number of nitrogens with two attached hydrogens (primary N) is 1. The number of carbonyl (C=O) groups is 1. The van der Waals surface area contributed by atoms with Crippen LogP contribution in [0.3, 0.4) is 0 Å². The van der Waals surface area contributed by atoms with Crippen LogP contribution in [0.15, 0.2) is 6.07 Å². The highest BCUT2D eigenvalue weighted by Gasteiger charge is 2.27. The lowest BCUT2D eigenvalue weighted by atomic mass is 10.0. The lowest BCUT2D eigenvalue weighted by Crippen LogP contribution is -2.46. The number of piperidine rings is 1. The Morgan fingerprint density at radius 3 is 2.96 bits per heavy atom. The summed E-state index contributed by atoms with van der Waals surface area (Å²) >= 11 is 0. The van der Waals surface area contributed by atoms with E-state index in [1.807, 2.05) is 20.8 Å². The highest BCUT2D eigenvalue weighted by atomic mass is 19.1. The van der Waals surface area contributed by atoms with Gasteiger partial charge in [-0.3, -0.25) is 4.79 Å². The van der Waals surface area contributed by atoms with Crippen molar-refractivity contribution < 1.29 is 9.18 Å². The normalized spacial score (nSPS) is 17.2. The van der Waals surface area contributed by atoms with Crippen molar-refractivity contribution in [2.24, 2.45) is 5.73 Å². The minimum Gasteiger partial charge on any atom is -0.367 e. The summed E-state index contributed by atoms with van der Waals surface area (Å²) in [5, 5.41) is 4.17. The number of anilines is 1. The second kappa shape index (κ2) is 7.38. The van der Waals surface area contributed by atoms with Crippen LogP contribution in [0.2, 0.25) is 0 Å². The van der Waals surface area contributed by atoms with Crippen LogP contribution < -0.4 is 16.0 Å². The number of aromatic amines is 1. The van der Waals surface area contributed by atoms with Crippen LogP contribution in [-0.4, -0.2) is 36.6 Å². The number of benzene rings is 1. The summed E-state index contributed by atoms with van der Waals surface area (Å²) in [5.41, 5.74) is 8.70. The molecule has 0 radical (unpaired) electrons. The molecule has 1 saturated heterocycles. The number of carbonyl (C=O) groups excluding carboxylic acids is 1. The molecule has 0 bridgehead atoms. The second-order valence-corrected chi connectivity index (χ2v) is 6.84. The Labute approximate surface area is 153 Å². The number of H-pyrrole nitrogens is 1. The van der Waals surface area contributed by atoms with E-state index in [1.54, 1.807) is 0 Å². The van der Waals surface area contributed by atoms with Gasteiger partial charge in [0.2, 0.25) is 0 Å². The first kappa shape index (κ1) is 18.3. The number of hydrogen-bond donors (Lipinski definition) is 3. The Morgan fingerprint density at radius 1 is 1.50 bits per heavy atom. The number of aromatic nitrogens is 1. The number of nitrogens with one attached hydrogen (secondary N) is 2. The van der Waals surface area contributed by atoms with Gasteiger partial charge in [-0.15, -0.1) is 5.92 Å². The van der Waals surface area contributed by atoms with Gasteiger partial charge >= 0.3 is 0 Å². The molecule has 1 fully saturated rings. The van der Waals surface area contributed by atoms with Gasteiger partial charge in [-0.25, -0.2) is 4.39 Å². The SMILES string of the molecule is CC#CCNC1CCCN(c2c(F)cc(C(N)=O)c3[nH]c(C)c(C)c23)C1. The van der Waals surface area contributed by atoms with Crippen molar-refractivity contribution >= 4 is 22.5 Å². The third-order valence-corrected chi connectivity index (χ3v) is 5.16. The summed E-state index contributed by atoms with van der Waals surface area (Å²) < 4.78 is 15.0. The van der Waals surface area contributed by atoms with E-state index in [2.05, 4.69) is 27.0 Å². The standard InChI is InChI=1S/C20H25FN4O/c1-4-5-8-23-14-7-6-9-25(11-14)19-16(21)10-15(20(22)26)18-17(19)12(2)13(3)24-18/h10,14,23-24H,6-9,11H2,1-3H3,(H2,22,26). The monoisotopic (exact) mass is 356 g/mol. The zero-order valence-corrected chi connectivity index (χ0v) is 15.5. The molecule has 6 heteroatoms. The molecule has 5 nitrogen and oxygen atoms in total. The van der Waals surface area contributed by atoms with E-state index in [9.17, 15) is 4.79 Å². The van der Waals surface area contributed by atoms with Crippen LogP contribution in [0.1, 0.15) is 41.4 Å². The molecule has 2 heterocycles. The largest absolute Gasteiger partial charge is 0.367 e. The number of rotatable bonds is 4. The molecule has 0 aliphatic carbocycles. The highest BCUT2D eigenvalue weighted by molar-refractivity contribution is 6.10. The van der Waals surface area contributed by atoms with Gasteiger partial charge in [0.25, 0.3) is 5.91 Å². The molecule has 0 spiro atoms. The Bertz CT molecular complexity index is 906. The molecule has 1 aliphatic rings. The molecule has 3 rings (SSSR count). The van der Waals surface area contributed by atoms with E-state index in [4.69, 9.17) is 5.73 Å². The van der Waals surface area contributed by atoms with Crippen molar-refractivity contribution in [1.29, 1.82) is 0 Å². The molecule has 26 heavy (non-hydrogen) atoms. The van der Waals surface area contributed by atoms with Crippen LogP contribution in [0, 0.1) is 31.5 Å². The maximum Gasteiger partial charge on any atom is 0.250 e. The van der Waals surface area contributed by atoms with Gasteiger partial charge in [-0.05, 0) is 45.2 Å². The summed E-state index contributed by atoms with van der Waals surface area (Å²) in [6.07, 6.45) is 2.01. The van der Waals surface area contributed by atoms with Crippen LogP contribution in [0.25, 0.3) is 10.9 Å². The molecule has 1 atom stereocenters. The number of aryl methyl sites for hydroxylation is 2. The van der Waals surface area contributed by atoms with E-state index in [1.165, 1.54) is 6.07 Å². The molecule has 138 valence electrons. The predicted octanol–water partition coefficient (Wildman–Crippen LogP) is 2.60. The molecule has 1 amide bonds. The Balaban J connectivity index is 2.04. The topological polar surface area (TPSA) is 74.2 Å². The zero-order chi connectivity index (χ0) is 18.8. The van der Waals surface area contributed by atoms with Crippen LogP contribution in [0.4, 0.5) is 10.1 Å². The first-order valence-corrected chi connectivity index (χ1v) is 8.93. The zero-order valence-electron chi connectivity index (χ0n) is 15.5. The van der Waals surface area contributed by atoms with E-state index < -0.39 is 11.7 Å². The smallest absolute Gasteiger partial charge is 0.250 e. The molecule has 1 aliphatic heterocycles. The number of amides is 1. The predicted molar refractivity (Wildman–Crippen MR) is 103 cm³/mol. The van der Waals surface area contributed by atoms with Crippen molar-refractivity contribution in [3.05, 3.63) is 28.7 Å². The molecule has 1 aromatic heterocycles. The quantitative estimate of drug-likeness (QED) is 0.737. The van der Waals surface area contributed by atoms with Gasteiger partial charge in [-0.1, -0.05) is 5.92 Å². The second-order valence-electron chi connectivity index (χ2n) is 6.84. The lowest BCUT2D eigenvalue weighted by molar-refractivity contribution is 0.100. The van der Waals surface area contributed by atoms with E-state index in [-0.39, 0.29) is 11.6 Å². The summed E-state index contributed by atoms with van der Waals surface area (Å²) in [4.78, 5) is 17.1. The summed E-state index contributed by atoms with van der Waals surface area (Å²) in [6, 6.07) is 1.52. The first-order valence-electron chi connectivity index (χ1n) is 8.93. The van der Waals surface area contributed by atoms with Gasteiger partial charge in [-0.2, -0.15) is 0 Å². The average molecular weight is 356 g/mol. The lowest BCUT2D eigenvalue weighted by Gasteiger charge is -2.35. The van der Waals surface area contributed by atoms with Crippen LogP contribution in [-0.2, 0) is 0 Å². The molecular weight excluding hydrogens is 331 g/mol. The molecular formula is C20H25FN4O. The number of hydrogen-bond acceptors (Lipinski definition) is 3. The van der Waals surface area contributed by atoms with E-state index in [0.29, 0.717) is 24.3 Å². The minimum absolute atomic E-state index is 0.197. The van der Waals surface area contributed by atoms with E-state index >= 15 is 4.39 Å². The molecule has 0 saturated carbocycles. The van der Waals surface area contributed by atoms with Gasteiger partial charge in [0.05, 0.1) is 23.3 Å². The summed E-state index contributed by atoms with van der Waals surface area (Å²) in [6.45, 7) is 7.80. The molecule has 1 unspecified atom stereocenters. The Kier molecular flexibility index (Phi) is 5.19. The van der Waals surface area contributed by atoms with Crippen LogP contribution in [0.5, 0.6) is 0 Å². The number of primary amides is 1. The van der Waals surface area contributed by atoms with Crippen molar-refractivity contribution in [2.45, 2.75) is 39.7 Å². The fourth-order valence-corrected chi connectivity index (χ4v) is 3.74. The van der Waals surface area contributed by atoms with Gasteiger partial charge in [0.15, 0.2) is 0 Å². The van der Waals surface area contributed by atoms with E-state index in [0.717, 1.165) is 36.0 Å². The third-order valence-electron chi connectivity index (χ3n) is 5.16. The molecule has 1 aromatic carbocycles. The van der Waals surface area contributed by atoms with Gasteiger partial charge < -0.3 is 20.9 Å². The Hall–Kier alpha value is -2.52. The van der Waals surface area contributed by atoms with Gasteiger partial charge in [0.1, 0.15) is 5.82 Å². The molecule has 4 N–H and O–H groups in total. The number of nitrogens with zero attached hydrogens (tertiary/aromatic N) is 1. The van der Waals surface area contributed by atoms with Crippen molar-refractivity contribution in [2.75, 3.05) is 24.5 Å². The van der Waals surface area contributed by atoms with Gasteiger partial charge in [0, 0.05) is 30.2 Å². The number of fused-ring (bicyclic) bond motifs is 1. The Morgan fingerprint density at radius 2 is 2.27 bits per heavy atom. The van der Waals surface area contributed by atoms with Crippen molar-refractivity contribution in [1.82, 2.24) is 10.3 Å². The summed E-state index contributed by atoms with van der Waals surface area (Å²) in [5.74, 6) is 4.86. The summed E-state index contributed by atoms with van der Waals surface area (Å²) in [7, 11) is 0. The first-order chi connectivity index (χ1) is 12.4. The fraction of sp³-hybridized carbons (Fsp3) is 0.450. The van der Waals surface area contributed by atoms with Crippen molar-refractivity contribution in [3.8, 4) is 11.8 Å².